The zero-order chi connectivity index (χ0) is 24.1. The molecule has 4 aromatic rings. The van der Waals surface area contributed by atoms with Gasteiger partial charge in [0.05, 0.1) is 37.9 Å². The molecule has 0 bridgehead atoms. The molecule has 34 heavy (non-hydrogen) atoms. The van der Waals surface area contributed by atoms with E-state index < -0.39 is 0 Å². The molecule has 0 radical (unpaired) electrons. The summed E-state index contributed by atoms with van der Waals surface area (Å²) >= 11 is 0. The minimum absolute atomic E-state index is 0.129. The van der Waals surface area contributed by atoms with Crippen LogP contribution in [0.25, 0.3) is 21.8 Å². The van der Waals surface area contributed by atoms with Gasteiger partial charge < -0.3 is 14.5 Å². The van der Waals surface area contributed by atoms with E-state index in [4.69, 9.17) is 9.47 Å². The molecule has 176 valence electrons. The van der Waals surface area contributed by atoms with Crippen LogP contribution >= 0.6 is 0 Å². The SMILES string of the molecule is COc1cc2ncn(CCCC(=O)NNC(=O)Cc3c[nH]c4ccccc34)c(=O)c2cc1OC. The number of methoxy groups -OCH3 is 2. The molecule has 4 rings (SSSR count). The molecule has 0 aliphatic heterocycles. The fourth-order valence-corrected chi connectivity index (χ4v) is 3.75. The van der Waals surface area contributed by atoms with Crippen LogP contribution in [0.15, 0.2) is 53.7 Å². The monoisotopic (exact) mass is 463 g/mol. The van der Waals surface area contributed by atoms with E-state index in [1.54, 1.807) is 18.3 Å². The van der Waals surface area contributed by atoms with E-state index in [1.165, 1.54) is 25.1 Å². The van der Waals surface area contributed by atoms with Crippen LogP contribution in [0.3, 0.4) is 0 Å². The Bertz CT molecular complexity index is 1410. The number of hydrazine groups is 1. The van der Waals surface area contributed by atoms with Crippen molar-refractivity contribution in [1.29, 1.82) is 0 Å². The molecule has 0 saturated carbocycles. The quantitative estimate of drug-likeness (QED) is 0.343. The van der Waals surface area contributed by atoms with Crippen molar-refractivity contribution in [2.45, 2.75) is 25.8 Å². The van der Waals surface area contributed by atoms with Crippen molar-refractivity contribution in [3.8, 4) is 11.5 Å². The summed E-state index contributed by atoms with van der Waals surface area (Å²) in [5.41, 5.74) is 6.91. The summed E-state index contributed by atoms with van der Waals surface area (Å²) in [5, 5.41) is 1.36. The van der Waals surface area contributed by atoms with Crippen molar-refractivity contribution in [1.82, 2.24) is 25.4 Å². The summed E-state index contributed by atoms with van der Waals surface area (Å²) in [5.74, 6) is 0.260. The second-order valence-corrected chi connectivity index (χ2v) is 7.70. The summed E-state index contributed by atoms with van der Waals surface area (Å²) in [6, 6.07) is 10.9. The highest BCUT2D eigenvalue weighted by Gasteiger charge is 2.12. The molecule has 3 N–H and O–H groups in total. The van der Waals surface area contributed by atoms with Gasteiger partial charge in [0.1, 0.15) is 0 Å². The molecule has 0 unspecified atom stereocenters. The number of hydrogen-bond donors (Lipinski definition) is 3. The molecule has 0 atom stereocenters. The number of carbonyl (C=O) groups excluding carboxylic acids is 2. The lowest BCUT2D eigenvalue weighted by Gasteiger charge is -2.11. The first-order valence-corrected chi connectivity index (χ1v) is 10.7. The van der Waals surface area contributed by atoms with Crippen LogP contribution in [-0.2, 0) is 22.6 Å². The minimum atomic E-state index is -0.347. The molecule has 2 aromatic carbocycles. The Labute approximate surface area is 194 Å². The highest BCUT2D eigenvalue weighted by atomic mass is 16.5. The Morgan fingerprint density at radius 1 is 1.03 bits per heavy atom. The second kappa shape index (κ2) is 10.1. The topological polar surface area (TPSA) is 127 Å². The molecule has 2 amide bonds. The van der Waals surface area contributed by atoms with E-state index in [0.29, 0.717) is 35.4 Å². The van der Waals surface area contributed by atoms with Crippen molar-refractivity contribution in [3.05, 3.63) is 64.8 Å². The number of para-hydroxylation sites is 1. The number of aromatic nitrogens is 3. The fraction of sp³-hybridized carbons (Fsp3) is 0.250. The van der Waals surface area contributed by atoms with E-state index in [2.05, 4.69) is 20.8 Å². The summed E-state index contributed by atoms with van der Waals surface area (Å²) in [4.78, 5) is 44.6. The van der Waals surface area contributed by atoms with Gasteiger partial charge in [0.15, 0.2) is 11.5 Å². The normalized spacial score (nSPS) is 10.9. The van der Waals surface area contributed by atoms with E-state index >= 15 is 0 Å². The van der Waals surface area contributed by atoms with Crippen LogP contribution in [0, 0.1) is 0 Å². The number of nitrogens with zero attached hydrogens (tertiary/aromatic N) is 2. The third-order valence-electron chi connectivity index (χ3n) is 5.50. The highest BCUT2D eigenvalue weighted by Crippen LogP contribution is 2.29. The average molecular weight is 463 g/mol. The molecule has 0 spiro atoms. The molecule has 0 aliphatic carbocycles. The maximum Gasteiger partial charge on any atom is 0.261 e. The number of rotatable bonds is 8. The van der Waals surface area contributed by atoms with Crippen LogP contribution in [-0.4, -0.2) is 40.6 Å². The van der Waals surface area contributed by atoms with Crippen LogP contribution in [0.1, 0.15) is 18.4 Å². The van der Waals surface area contributed by atoms with Gasteiger partial charge in [-0.3, -0.25) is 29.8 Å². The zero-order valence-electron chi connectivity index (χ0n) is 18.9. The maximum absolute atomic E-state index is 12.8. The van der Waals surface area contributed by atoms with Crippen LogP contribution in [0.4, 0.5) is 0 Å². The van der Waals surface area contributed by atoms with Gasteiger partial charge in [0, 0.05) is 36.1 Å². The first-order valence-electron chi connectivity index (χ1n) is 10.7. The van der Waals surface area contributed by atoms with Gasteiger partial charge in [-0.15, -0.1) is 0 Å². The number of amides is 2. The molecule has 10 heteroatoms. The number of H-pyrrole nitrogens is 1. The molecule has 0 aliphatic rings. The smallest absolute Gasteiger partial charge is 0.261 e. The minimum Gasteiger partial charge on any atom is -0.493 e. The molecule has 10 nitrogen and oxygen atoms in total. The van der Waals surface area contributed by atoms with Gasteiger partial charge in [-0.05, 0) is 24.1 Å². The first kappa shape index (κ1) is 22.8. The fourth-order valence-electron chi connectivity index (χ4n) is 3.75. The number of aromatic amines is 1. The summed E-state index contributed by atoms with van der Waals surface area (Å²) in [6.45, 7) is 0.298. The van der Waals surface area contributed by atoms with Crippen molar-refractivity contribution in [2.24, 2.45) is 0 Å². The van der Waals surface area contributed by atoms with Gasteiger partial charge in [0.2, 0.25) is 11.8 Å². The highest BCUT2D eigenvalue weighted by molar-refractivity contribution is 5.89. The number of benzene rings is 2. The summed E-state index contributed by atoms with van der Waals surface area (Å²) in [6.07, 6.45) is 3.88. The third-order valence-corrected chi connectivity index (χ3v) is 5.50. The number of hydrogen-bond acceptors (Lipinski definition) is 6. The van der Waals surface area contributed by atoms with Gasteiger partial charge in [-0.2, -0.15) is 0 Å². The van der Waals surface area contributed by atoms with E-state index in [-0.39, 0.29) is 30.2 Å². The Hall–Kier alpha value is -4.34. The Morgan fingerprint density at radius 2 is 1.76 bits per heavy atom. The predicted octanol–water partition coefficient (Wildman–Crippen LogP) is 2.07. The van der Waals surface area contributed by atoms with E-state index in [9.17, 15) is 14.4 Å². The lowest BCUT2D eigenvalue weighted by atomic mass is 10.1. The molecule has 2 heterocycles. The van der Waals surface area contributed by atoms with E-state index in [0.717, 1.165) is 16.5 Å². The molecule has 0 fully saturated rings. The third kappa shape index (κ3) is 4.85. The maximum atomic E-state index is 12.8. The predicted molar refractivity (Wildman–Crippen MR) is 127 cm³/mol. The Balaban J connectivity index is 1.29. The molecule has 2 aromatic heterocycles. The molecular weight excluding hydrogens is 438 g/mol. The number of aryl methyl sites for hydroxylation is 1. The Morgan fingerprint density at radius 3 is 2.56 bits per heavy atom. The summed E-state index contributed by atoms with van der Waals surface area (Å²) < 4.78 is 11.9. The van der Waals surface area contributed by atoms with Crippen molar-refractivity contribution < 1.29 is 19.1 Å². The first-order chi connectivity index (χ1) is 16.5. The molecular formula is C24H25N5O5. The number of fused-ring (bicyclic) bond motifs is 2. The summed E-state index contributed by atoms with van der Waals surface area (Å²) in [7, 11) is 3.01. The number of nitrogens with one attached hydrogen (secondary N) is 3. The van der Waals surface area contributed by atoms with Crippen molar-refractivity contribution in [3.63, 3.8) is 0 Å². The van der Waals surface area contributed by atoms with Crippen LogP contribution < -0.4 is 25.9 Å². The lowest BCUT2D eigenvalue weighted by molar-refractivity contribution is -0.128. The second-order valence-electron chi connectivity index (χ2n) is 7.70. The number of ether oxygens (including phenoxy) is 2. The Kier molecular flexibility index (Phi) is 6.77. The standard InChI is InChI=1S/C24H25N5O5/c1-33-20-11-17-19(12-21(20)34-2)26-14-29(24(17)32)9-5-8-22(30)27-28-23(31)10-15-13-25-18-7-4-3-6-16(15)18/h3-4,6-7,11-14,25H,5,8-10H2,1-2H3,(H,27,30)(H,28,31). The van der Waals surface area contributed by atoms with Gasteiger partial charge in [-0.1, -0.05) is 18.2 Å². The van der Waals surface area contributed by atoms with Crippen LogP contribution in [0.5, 0.6) is 11.5 Å². The van der Waals surface area contributed by atoms with Gasteiger partial charge >= 0.3 is 0 Å². The van der Waals surface area contributed by atoms with Gasteiger partial charge in [-0.25, -0.2) is 4.98 Å². The van der Waals surface area contributed by atoms with Gasteiger partial charge in [0.25, 0.3) is 5.56 Å². The zero-order valence-corrected chi connectivity index (χ0v) is 18.9. The average Bonchev–Trinajstić information content (AvgIpc) is 3.26. The number of carbonyl (C=O) groups is 2. The lowest BCUT2D eigenvalue weighted by Crippen LogP contribution is -2.42. The largest absolute Gasteiger partial charge is 0.493 e. The van der Waals surface area contributed by atoms with Crippen molar-refractivity contribution >= 4 is 33.6 Å². The molecule has 0 saturated heterocycles. The van der Waals surface area contributed by atoms with Crippen molar-refractivity contribution in [2.75, 3.05) is 14.2 Å². The van der Waals surface area contributed by atoms with Crippen LogP contribution in [0.2, 0.25) is 0 Å². The van der Waals surface area contributed by atoms with E-state index in [1.807, 2.05) is 24.3 Å².